The molecule has 1 fully saturated rings. The third-order valence-corrected chi connectivity index (χ3v) is 6.94. The lowest BCUT2D eigenvalue weighted by atomic mass is 10.1. The highest BCUT2D eigenvalue weighted by Crippen LogP contribution is 2.28. The number of anilines is 2. The molecule has 2 aromatic heterocycles. The lowest BCUT2D eigenvalue weighted by Gasteiger charge is -2.35. The van der Waals surface area contributed by atoms with Gasteiger partial charge in [-0.15, -0.1) is 0 Å². The highest BCUT2D eigenvalue weighted by Gasteiger charge is 2.24. The number of hydrogen-bond donors (Lipinski definition) is 1. The van der Waals surface area contributed by atoms with Gasteiger partial charge in [-0.3, -0.25) is 4.79 Å². The van der Waals surface area contributed by atoms with E-state index >= 15 is 0 Å². The predicted octanol–water partition coefficient (Wildman–Crippen LogP) is 3.50. The van der Waals surface area contributed by atoms with Crippen LogP contribution in [0.1, 0.15) is 18.2 Å². The molecule has 1 aliphatic rings. The van der Waals surface area contributed by atoms with Crippen LogP contribution in [0.25, 0.3) is 10.9 Å². The van der Waals surface area contributed by atoms with Crippen LogP contribution in [-0.4, -0.2) is 63.2 Å². The van der Waals surface area contributed by atoms with E-state index < -0.39 is 4.92 Å². The Labute approximate surface area is 199 Å². The number of nitro groups is 1. The number of amides is 1. The number of aryl methyl sites for hydroxylation is 1. The Kier molecular flexibility index (Phi) is 6.61. The van der Waals surface area contributed by atoms with E-state index in [9.17, 15) is 14.9 Å². The number of rotatable bonds is 6. The van der Waals surface area contributed by atoms with Gasteiger partial charge in [-0.1, -0.05) is 6.92 Å². The summed E-state index contributed by atoms with van der Waals surface area (Å²) in [5, 5.41) is 18.8. The topological polar surface area (TPSA) is 109 Å². The fourth-order valence-electron chi connectivity index (χ4n) is 4.02. The Balaban J connectivity index is 1.49. The van der Waals surface area contributed by atoms with Crippen LogP contribution in [-0.2, 0) is 11.3 Å². The number of likely N-dealkylation sites (N-methyl/N-ethyl adjacent to an activating group) is 1. The van der Waals surface area contributed by atoms with Crippen LogP contribution in [0.4, 0.5) is 17.3 Å². The second-order valence-corrected chi connectivity index (χ2v) is 8.93. The summed E-state index contributed by atoms with van der Waals surface area (Å²) in [6.45, 7) is 10.8. The molecule has 0 bridgehead atoms. The Morgan fingerprint density at radius 3 is 2.58 bits per heavy atom. The van der Waals surface area contributed by atoms with Crippen molar-refractivity contribution in [1.29, 1.82) is 0 Å². The minimum atomic E-state index is -0.581. The van der Waals surface area contributed by atoms with Crippen molar-refractivity contribution in [3.63, 3.8) is 0 Å². The van der Waals surface area contributed by atoms with Crippen molar-refractivity contribution >= 4 is 50.1 Å². The van der Waals surface area contributed by atoms with Crippen LogP contribution in [0.3, 0.4) is 0 Å². The lowest BCUT2D eigenvalue weighted by Crippen LogP contribution is -2.46. The van der Waals surface area contributed by atoms with Gasteiger partial charge in [-0.05, 0) is 71.1 Å². The third-order valence-electron chi connectivity index (χ3n) is 6.01. The number of piperazine rings is 1. The first kappa shape index (κ1) is 23.1. The molecule has 0 aliphatic carbocycles. The maximum Gasteiger partial charge on any atom is 0.404 e. The number of halogens is 1. The summed E-state index contributed by atoms with van der Waals surface area (Å²) >= 11 is 3.17. The molecule has 1 N–H and O–H groups in total. The zero-order valence-electron chi connectivity index (χ0n) is 18.8. The zero-order chi connectivity index (χ0) is 23.7. The van der Waals surface area contributed by atoms with E-state index in [1.54, 1.807) is 6.92 Å². The molecule has 0 saturated carbocycles. The van der Waals surface area contributed by atoms with Gasteiger partial charge in [-0.2, -0.15) is 4.68 Å². The molecular weight excluding hydrogens is 490 g/mol. The standard InChI is InChI=1S/C22H26BrN7O3/c1-4-27-7-9-28(10-8-27)19-11-14(2)17-12-16(5-6-18(17)25-19)24-20(31)13-29-15(3)21(23)22(26-29)30(32)33/h5-6,11-12H,4,7-10,13H2,1-3H3,(H,24,31). The van der Waals surface area contributed by atoms with E-state index in [0.29, 0.717) is 11.4 Å². The third kappa shape index (κ3) is 4.83. The summed E-state index contributed by atoms with van der Waals surface area (Å²) in [5.74, 6) is 0.354. The average molecular weight is 516 g/mol. The summed E-state index contributed by atoms with van der Waals surface area (Å²) in [4.78, 5) is 32.7. The zero-order valence-corrected chi connectivity index (χ0v) is 20.4. The molecule has 0 radical (unpaired) electrons. The van der Waals surface area contributed by atoms with Gasteiger partial charge in [0.2, 0.25) is 5.91 Å². The van der Waals surface area contributed by atoms with Gasteiger partial charge in [0.15, 0.2) is 0 Å². The van der Waals surface area contributed by atoms with Gasteiger partial charge >= 0.3 is 5.82 Å². The van der Waals surface area contributed by atoms with Crippen LogP contribution < -0.4 is 10.2 Å². The Morgan fingerprint density at radius 1 is 1.21 bits per heavy atom. The Morgan fingerprint density at radius 2 is 1.94 bits per heavy atom. The van der Waals surface area contributed by atoms with E-state index in [2.05, 4.69) is 49.1 Å². The number of fused-ring (bicyclic) bond motifs is 1. The maximum absolute atomic E-state index is 12.6. The van der Waals surface area contributed by atoms with E-state index in [1.807, 2.05) is 25.1 Å². The first-order chi connectivity index (χ1) is 15.8. The molecule has 3 heterocycles. The number of nitrogens with zero attached hydrogens (tertiary/aromatic N) is 6. The highest BCUT2D eigenvalue weighted by molar-refractivity contribution is 9.10. The molecule has 11 heteroatoms. The van der Waals surface area contributed by atoms with E-state index in [0.717, 1.165) is 55.0 Å². The molecule has 10 nitrogen and oxygen atoms in total. The monoisotopic (exact) mass is 515 g/mol. The van der Waals surface area contributed by atoms with Crippen LogP contribution in [0, 0.1) is 24.0 Å². The van der Waals surface area contributed by atoms with Crippen molar-refractivity contribution in [2.75, 3.05) is 42.9 Å². The van der Waals surface area contributed by atoms with Gasteiger partial charge in [0.05, 0.1) is 16.3 Å². The van der Waals surface area contributed by atoms with Crippen molar-refractivity contribution < 1.29 is 9.72 Å². The fraction of sp³-hybridized carbons (Fsp3) is 0.409. The maximum atomic E-state index is 12.6. The number of aromatic nitrogens is 3. The molecule has 0 spiro atoms. The fourth-order valence-corrected chi connectivity index (χ4v) is 4.45. The van der Waals surface area contributed by atoms with E-state index in [4.69, 9.17) is 4.98 Å². The van der Waals surface area contributed by atoms with Gasteiger partial charge in [0, 0.05) is 37.3 Å². The molecule has 1 aliphatic heterocycles. The molecule has 0 unspecified atom stereocenters. The van der Waals surface area contributed by atoms with Crippen molar-refractivity contribution in [1.82, 2.24) is 19.7 Å². The molecule has 1 aromatic carbocycles. The predicted molar refractivity (Wildman–Crippen MR) is 131 cm³/mol. The first-order valence-corrected chi connectivity index (χ1v) is 11.6. The molecule has 33 heavy (non-hydrogen) atoms. The normalized spacial score (nSPS) is 14.6. The SMILES string of the molecule is CCN1CCN(c2cc(C)c3cc(NC(=O)Cn4nc([N+](=O)[O-])c(Br)c4C)ccc3n2)CC1. The minimum absolute atomic E-state index is 0.129. The van der Waals surface area contributed by atoms with Gasteiger partial charge < -0.3 is 25.2 Å². The van der Waals surface area contributed by atoms with Crippen molar-refractivity contribution in [3.05, 3.63) is 50.1 Å². The quantitative estimate of drug-likeness (QED) is 0.395. The summed E-state index contributed by atoms with van der Waals surface area (Å²) in [6.07, 6.45) is 0. The van der Waals surface area contributed by atoms with Crippen molar-refractivity contribution in [2.24, 2.45) is 0 Å². The Hall–Kier alpha value is -3.05. The molecule has 4 rings (SSSR count). The molecule has 3 aromatic rings. The first-order valence-electron chi connectivity index (χ1n) is 10.8. The van der Waals surface area contributed by atoms with Crippen LogP contribution in [0.15, 0.2) is 28.7 Å². The summed E-state index contributed by atoms with van der Waals surface area (Å²) in [6, 6.07) is 7.73. The summed E-state index contributed by atoms with van der Waals surface area (Å²) in [7, 11) is 0. The number of nitrogens with one attached hydrogen (secondary N) is 1. The molecule has 1 saturated heterocycles. The minimum Gasteiger partial charge on any atom is -0.358 e. The molecule has 174 valence electrons. The largest absolute Gasteiger partial charge is 0.404 e. The number of benzene rings is 1. The second-order valence-electron chi connectivity index (χ2n) is 8.14. The van der Waals surface area contributed by atoms with Crippen molar-refractivity contribution in [2.45, 2.75) is 27.3 Å². The number of carbonyl (C=O) groups is 1. The summed E-state index contributed by atoms with van der Waals surface area (Å²) < 4.78 is 1.59. The molecular formula is C22H26BrN7O3. The van der Waals surface area contributed by atoms with Crippen molar-refractivity contribution in [3.8, 4) is 0 Å². The van der Waals surface area contributed by atoms with E-state index in [1.165, 1.54) is 4.68 Å². The lowest BCUT2D eigenvalue weighted by molar-refractivity contribution is -0.390. The highest BCUT2D eigenvalue weighted by atomic mass is 79.9. The van der Waals surface area contributed by atoms with Gasteiger partial charge in [0.1, 0.15) is 16.8 Å². The number of pyridine rings is 1. The van der Waals surface area contributed by atoms with Crippen LogP contribution in [0.5, 0.6) is 0 Å². The number of carbonyl (C=O) groups excluding carboxylic acids is 1. The molecule has 1 amide bonds. The van der Waals surface area contributed by atoms with Crippen LogP contribution >= 0.6 is 15.9 Å². The smallest absolute Gasteiger partial charge is 0.358 e. The molecule has 0 atom stereocenters. The summed E-state index contributed by atoms with van der Waals surface area (Å²) in [5.41, 5.74) is 3.12. The Bertz CT molecular complexity index is 1220. The second kappa shape index (κ2) is 9.44. The van der Waals surface area contributed by atoms with Gasteiger partial charge in [0.25, 0.3) is 0 Å². The van der Waals surface area contributed by atoms with E-state index in [-0.39, 0.29) is 22.7 Å². The van der Waals surface area contributed by atoms with Crippen LogP contribution in [0.2, 0.25) is 0 Å². The average Bonchev–Trinajstić information content (AvgIpc) is 3.08. The van der Waals surface area contributed by atoms with Gasteiger partial charge in [-0.25, -0.2) is 4.98 Å². The number of hydrogen-bond acceptors (Lipinski definition) is 7.